The third kappa shape index (κ3) is 1.52. The van der Waals surface area contributed by atoms with Crippen LogP contribution in [0.15, 0.2) is 18.2 Å². The van der Waals surface area contributed by atoms with Gasteiger partial charge in [0, 0.05) is 5.56 Å². The van der Waals surface area contributed by atoms with E-state index in [-0.39, 0.29) is 5.56 Å². The minimum absolute atomic E-state index is 0.290. The molecule has 0 aliphatic carbocycles. The summed E-state index contributed by atoms with van der Waals surface area (Å²) in [5.41, 5.74) is 6.30. The van der Waals surface area contributed by atoms with Crippen molar-refractivity contribution in [3.63, 3.8) is 0 Å². The Bertz CT molecular complexity index is 432. The zero-order valence-corrected chi connectivity index (χ0v) is 6.87. The third-order valence-corrected chi connectivity index (χ3v) is 1.63. The molecule has 1 rings (SSSR count). The van der Waals surface area contributed by atoms with E-state index < -0.39 is 5.91 Å². The number of nitrogens with two attached hydrogens (primary N) is 1. The van der Waals surface area contributed by atoms with Crippen LogP contribution in [0.3, 0.4) is 0 Å². The molecule has 0 saturated heterocycles. The summed E-state index contributed by atoms with van der Waals surface area (Å²) >= 11 is 0. The molecule has 0 atom stereocenters. The molecule has 0 heterocycles. The van der Waals surface area contributed by atoms with Gasteiger partial charge in [0.25, 0.3) is 0 Å². The molecule has 2 N–H and O–H groups in total. The maximum atomic E-state index is 10.9. The summed E-state index contributed by atoms with van der Waals surface area (Å²) in [6.45, 7) is 0. The molecule has 2 heteroatoms. The van der Waals surface area contributed by atoms with Crippen LogP contribution in [0.1, 0.15) is 21.5 Å². The fourth-order valence-electron chi connectivity index (χ4n) is 1.03. The van der Waals surface area contributed by atoms with Gasteiger partial charge in [-0.2, -0.15) is 0 Å². The van der Waals surface area contributed by atoms with E-state index in [1.165, 1.54) is 0 Å². The Kier molecular flexibility index (Phi) is 2.38. The lowest BCUT2D eigenvalue weighted by atomic mass is 10.0. The lowest BCUT2D eigenvalue weighted by Gasteiger charge is -2.01. The van der Waals surface area contributed by atoms with Crippen molar-refractivity contribution >= 4 is 5.91 Å². The number of carbonyl (C=O) groups excluding carboxylic acids is 1. The molecule has 2 nitrogen and oxygen atoms in total. The number of hydrogen-bond acceptors (Lipinski definition) is 1. The number of amides is 1. The molecule has 0 fully saturated rings. The number of carbonyl (C=O) groups is 1. The first kappa shape index (κ1) is 8.90. The van der Waals surface area contributed by atoms with Gasteiger partial charge in [-0.25, -0.2) is 0 Å². The summed E-state index contributed by atoms with van der Waals surface area (Å²) in [5.74, 6) is 4.18. The summed E-state index contributed by atoms with van der Waals surface area (Å²) in [7, 11) is 0. The van der Waals surface area contributed by atoms with Crippen molar-refractivity contribution in [3.05, 3.63) is 34.9 Å². The van der Waals surface area contributed by atoms with E-state index >= 15 is 0 Å². The maximum absolute atomic E-state index is 10.9. The minimum Gasteiger partial charge on any atom is -0.366 e. The van der Waals surface area contributed by atoms with Crippen LogP contribution < -0.4 is 5.73 Å². The van der Waals surface area contributed by atoms with Gasteiger partial charge in [0.15, 0.2) is 0 Å². The predicted molar refractivity (Wildman–Crippen MR) is 50.8 cm³/mol. The second-order valence-electron chi connectivity index (χ2n) is 2.38. The van der Waals surface area contributed by atoms with Crippen LogP contribution in [-0.2, 0) is 0 Å². The standard InChI is InChI=1S/C11H7NO/c1-3-8-6-5-7-10(11(12)13)9(8)4-2/h1-2,5-7H,(H2,12,13). The van der Waals surface area contributed by atoms with Crippen molar-refractivity contribution in [2.45, 2.75) is 0 Å². The summed E-state index contributed by atoms with van der Waals surface area (Å²) in [4.78, 5) is 10.9. The van der Waals surface area contributed by atoms with Crippen molar-refractivity contribution in [3.8, 4) is 24.7 Å². The normalized spacial score (nSPS) is 8.46. The minimum atomic E-state index is -0.565. The topological polar surface area (TPSA) is 43.1 Å². The highest BCUT2D eigenvalue weighted by atomic mass is 16.1. The van der Waals surface area contributed by atoms with Crippen molar-refractivity contribution < 1.29 is 4.79 Å². The smallest absolute Gasteiger partial charge is 0.250 e. The SMILES string of the molecule is C#Cc1cccc(C(N)=O)c1C#C. The monoisotopic (exact) mass is 169 g/mol. The highest BCUT2D eigenvalue weighted by Crippen LogP contribution is 2.11. The van der Waals surface area contributed by atoms with Gasteiger partial charge in [-0.05, 0) is 12.1 Å². The van der Waals surface area contributed by atoms with E-state index in [1.807, 2.05) is 0 Å². The van der Waals surface area contributed by atoms with Crippen LogP contribution in [0.2, 0.25) is 0 Å². The lowest BCUT2D eigenvalue weighted by Crippen LogP contribution is -2.13. The van der Waals surface area contributed by atoms with E-state index in [1.54, 1.807) is 18.2 Å². The molecule has 62 valence electrons. The number of terminal acetylenes is 2. The lowest BCUT2D eigenvalue weighted by molar-refractivity contribution is 0.1000. The van der Waals surface area contributed by atoms with Crippen LogP contribution in [0.4, 0.5) is 0 Å². The van der Waals surface area contributed by atoms with E-state index in [9.17, 15) is 4.79 Å². The average molecular weight is 169 g/mol. The average Bonchev–Trinajstić information content (AvgIpc) is 2.16. The highest BCUT2D eigenvalue weighted by molar-refractivity contribution is 5.96. The number of hydrogen-bond donors (Lipinski definition) is 1. The molecule has 0 unspecified atom stereocenters. The number of rotatable bonds is 1. The van der Waals surface area contributed by atoms with Crippen molar-refractivity contribution in [1.82, 2.24) is 0 Å². The second kappa shape index (κ2) is 3.47. The van der Waals surface area contributed by atoms with Gasteiger partial charge in [0.1, 0.15) is 0 Å². The molecule has 13 heavy (non-hydrogen) atoms. The quantitative estimate of drug-likeness (QED) is 0.619. The van der Waals surface area contributed by atoms with E-state index in [0.717, 1.165) is 0 Å². The van der Waals surface area contributed by atoms with Crippen LogP contribution in [-0.4, -0.2) is 5.91 Å². The summed E-state index contributed by atoms with van der Waals surface area (Å²) in [6.07, 6.45) is 10.4. The Morgan fingerprint density at radius 1 is 1.31 bits per heavy atom. The van der Waals surface area contributed by atoms with Crippen LogP contribution in [0, 0.1) is 24.7 Å². The second-order valence-corrected chi connectivity index (χ2v) is 2.38. The predicted octanol–water partition coefficient (Wildman–Crippen LogP) is 0.748. The van der Waals surface area contributed by atoms with Crippen molar-refractivity contribution in [1.29, 1.82) is 0 Å². The van der Waals surface area contributed by atoms with Crippen molar-refractivity contribution in [2.75, 3.05) is 0 Å². The molecule has 1 aromatic carbocycles. The molecule has 0 aliphatic heterocycles. The summed E-state index contributed by atoms with van der Waals surface area (Å²) < 4.78 is 0. The molecular formula is C11H7NO. The first-order valence-electron chi connectivity index (χ1n) is 3.56. The van der Waals surface area contributed by atoms with E-state index in [2.05, 4.69) is 11.8 Å². The molecule has 0 bridgehead atoms. The van der Waals surface area contributed by atoms with Crippen LogP contribution in [0.25, 0.3) is 0 Å². The molecular weight excluding hydrogens is 162 g/mol. The number of primary amides is 1. The van der Waals surface area contributed by atoms with Crippen LogP contribution >= 0.6 is 0 Å². The van der Waals surface area contributed by atoms with Gasteiger partial charge in [0.05, 0.1) is 11.1 Å². The molecule has 1 amide bonds. The van der Waals surface area contributed by atoms with Gasteiger partial charge < -0.3 is 5.73 Å². The molecule has 1 aromatic rings. The first-order chi connectivity index (χ1) is 6.20. The Morgan fingerprint density at radius 2 is 2.00 bits per heavy atom. The molecule has 0 saturated carbocycles. The molecule has 0 spiro atoms. The van der Waals surface area contributed by atoms with Crippen LogP contribution in [0.5, 0.6) is 0 Å². The first-order valence-corrected chi connectivity index (χ1v) is 3.56. The highest BCUT2D eigenvalue weighted by Gasteiger charge is 2.08. The van der Waals surface area contributed by atoms with E-state index in [4.69, 9.17) is 18.6 Å². The Labute approximate surface area is 76.8 Å². The Morgan fingerprint density at radius 3 is 2.46 bits per heavy atom. The van der Waals surface area contributed by atoms with Gasteiger partial charge >= 0.3 is 0 Å². The maximum Gasteiger partial charge on any atom is 0.250 e. The Balaban J connectivity index is 3.49. The van der Waals surface area contributed by atoms with Crippen molar-refractivity contribution in [2.24, 2.45) is 5.73 Å². The molecule has 0 radical (unpaired) electrons. The third-order valence-electron chi connectivity index (χ3n) is 1.63. The van der Waals surface area contributed by atoms with Gasteiger partial charge in [-0.3, -0.25) is 4.79 Å². The fourth-order valence-corrected chi connectivity index (χ4v) is 1.03. The summed E-state index contributed by atoms with van der Waals surface area (Å²) in [6, 6.07) is 4.87. The van der Waals surface area contributed by atoms with Gasteiger partial charge in [0.2, 0.25) is 5.91 Å². The van der Waals surface area contributed by atoms with Gasteiger partial charge in [-0.1, -0.05) is 17.9 Å². The Hall–Kier alpha value is -2.19. The zero-order valence-electron chi connectivity index (χ0n) is 6.87. The molecule has 0 aliphatic rings. The number of benzene rings is 1. The molecule has 0 aromatic heterocycles. The zero-order chi connectivity index (χ0) is 9.84. The van der Waals surface area contributed by atoms with Gasteiger partial charge in [-0.15, -0.1) is 12.8 Å². The largest absolute Gasteiger partial charge is 0.366 e. The van der Waals surface area contributed by atoms with E-state index in [0.29, 0.717) is 11.1 Å². The fraction of sp³-hybridized carbons (Fsp3) is 0. The summed E-state index contributed by atoms with van der Waals surface area (Å²) in [5, 5.41) is 0.